The first-order valence-electron chi connectivity index (χ1n) is 7.59. The van der Waals surface area contributed by atoms with Crippen LogP contribution in [0.1, 0.15) is 31.2 Å². The van der Waals surface area contributed by atoms with Crippen molar-refractivity contribution in [1.82, 2.24) is 10.6 Å². The quantitative estimate of drug-likeness (QED) is 0.888. The SMILES string of the molecule is CNCC(=O)NC1(c2ccc3c(c2)OCCO3)CCCC1.Cl. The minimum atomic E-state index is -0.260. The molecule has 1 aliphatic carbocycles. The van der Waals surface area contributed by atoms with E-state index in [-0.39, 0.29) is 23.9 Å². The van der Waals surface area contributed by atoms with Crippen molar-refractivity contribution < 1.29 is 14.3 Å². The molecule has 0 unspecified atom stereocenters. The van der Waals surface area contributed by atoms with Crippen molar-refractivity contribution in [1.29, 1.82) is 0 Å². The monoisotopic (exact) mass is 326 g/mol. The number of carbonyl (C=O) groups excluding carboxylic acids is 1. The fourth-order valence-electron chi connectivity index (χ4n) is 3.28. The van der Waals surface area contributed by atoms with Crippen LogP contribution >= 0.6 is 12.4 Å². The van der Waals surface area contributed by atoms with Gasteiger partial charge in [-0.1, -0.05) is 18.9 Å². The van der Waals surface area contributed by atoms with Gasteiger partial charge < -0.3 is 20.1 Å². The molecule has 0 spiro atoms. The number of fused-ring (bicyclic) bond motifs is 1. The molecular weight excluding hydrogens is 304 g/mol. The lowest BCUT2D eigenvalue weighted by Gasteiger charge is -2.32. The fraction of sp³-hybridized carbons (Fsp3) is 0.562. The first kappa shape index (κ1) is 16.9. The highest BCUT2D eigenvalue weighted by molar-refractivity contribution is 5.85. The van der Waals surface area contributed by atoms with E-state index in [2.05, 4.69) is 16.7 Å². The molecule has 22 heavy (non-hydrogen) atoms. The molecular formula is C16H23ClN2O3. The highest BCUT2D eigenvalue weighted by Crippen LogP contribution is 2.42. The Morgan fingerprint density at radius 1 is 1.18 bits per heavy atom. The molecule has 1 saturated carbocycles. The summed E-state index contributed by atoms with van der Waals surface area (Å²) in [6, 6.07) is 6.03. The predicted octanol–water partition coefficient (Wildman–Crippen LogP) is 1.98. The van der Waals surface area contributed by atoms with Gasteiger partial charge in [0.25, 0.3) is 0 Å². The zero-order valence-corrected chi connectivity index (χ0v) is 13.6. The summed E-state index contributed by atoms with van der Waals surface area (Å²) in [5, 5.41) is 6.12. The van der Waals surface area contributed by atoms with E-state index in [1.165, 1.54) is 0 Å². The Labute approximate surface area is 137 Å². The number of halogens is 1. The molecule has 0 bridgehead atoms. The highest BCUT2D eigenvalue weighted by atomic mass is 35.5. The summed E-state index contributed by atoms with van der Waals surface area (Å²) < 4.78 is 11.2. The molecule has 2 aliphatic rings. The highest BCUT2D eigenvalue weighted by Gasteiger charge is 2.37. The number of ether oxygens (including phenoxy) is 2. The molecule has 1 aromatic carbocycles. The second-order valence-electron chi connectivity index (χ2n) is 5.73. The van der Waals surface area contributed by atoms with Crippen LogP contribution in [0.4, 0.5) is 0 Å². The van der Waals surface area contributed by atoms with E-state index in [0.29, 0.717) is 19.8 Å². The lowest BCUT2D eigenvalue weighted by molar-refractivity contribution is -0.122. The maximum Gasteiger partial charge on any atom is 0.234 e. The molecule has 6 heteroatoms. The Morgan fingerprint density at radius 2 is 1.86 bits per heavy atom. The summed E-state index contributed by atoms with van der Waals surface area (Å²) >= 11 is 0. The zero-order chi connectivity index (χ0) is 14.7. The number of carbonyl (C=O) groups is 1. The Hall–Kier alpha value is -1.46. The number of hydrogen-bond donors (Lipinski definition) is 2. The lowest BCUT2D eigenvalue weighted by Crippen LogP contribution is -2.46. The number of benzene rings is 1. The zero-order valence-electron chi connectivity index (χ0n) is 12.8. The maximum atomic E-state index is 12.0. The second-order valence-corrected chi connectivity index (χ2v) is 5.73. The van der Waals surface area contributed by atoms with E-state index >= 15 is 0 Å². The minimum absolute atomic E-state index is 0. The van der Waals surface area contributed by atoms with Crippen LogP contribution < -0.4 is 20.1 Å². The van der Waals surface area contributed by atoms with Crippen LogP contribution in [-0.4, -0.2) is 32.7 Å². The van der Waals surface area contributed by atoms with Crippen molar-refractivity contribution >= 4 is 18.3 Å². The van der Waals surface area contributed by atoms with Crippen LogP contribution in [-0.2, 0) is 10.3 Å². The van der Waals surface area contributed by atoms with Crippen LogP contribution in [0.25, 0.3) is 0 Å². The van der Waals surface area contributed by atoms with Crippen molar-refractivity contribution in [2.24, 2.45) is 0 Å². The molecule has 1 amide bonds. The predicted molar refractivity (Wildman–Crippen MR) is 86.9 cm³/mol. The van der Waals surface area contributed by atoms with Crippen molar-refractivity contribution in [3.8, 4) is 11.5 Å². The summed E-state index contributed by atoms with van der Waals surface area (Å²) in [5.41, 5.74) is 0.859. The standard InChI is InChI=1S/C16H22N2O3.ClH/c1-17-11-15(19)18-16(6-2-3-7-16)12-4-5-13-14(10-12)21-9-8-20-13;/h4-5,10,17H,2-3,6-9,11H2,1H3,(H,18,19);1H. The normalized spacial score (nSPS) is 18.4. The van der Waals surface area contributed by atoms with Crippen LogP contribution in [0.3, 0.4) is 0 Å². The molecule has 1 aliphatic heterocycles. The molecule has 0 radical (unpaired) electrons. The smallest absolute Gasteiger partial charge is 0.234 e. The average molecular weight is 327 g/mol. The van der Waals surface area contributed by atoms with Crippen molar-refractivity contribution in [3.05, 3.63) is 23.8 Å². The summed E-state index contributed by atoms with van der Waals surface area (Å²) in [5.74, 6) is 1.61. The van der Waals surface area contributed by atoms with Crippen LogP contribution in [0, 0.1) is 0 Å². The number of hydrogen-bond acceptors (Lipinski definition) is 4. The minimum Gasteiger partial charge on any atom is -0.486 e. The Balaban J connectivity index is 0.00000176. The Kier molecular flexibility index (Phi) is 5.53. The van der Waals surface area contributed by atoms with Crippen LogP contribution in [0.2, 0.25) is 0 Å². The molecule has 2 N–H and O–H groups in total. The number of nitrogens with one attached hydrogen (secondary N) is 2. The van der Waals surface area contributed by atoms with Crippen molar-refractivity contribution in [2.75, 3.05) is 26.8 Å². The van der Waals surface area contributed by atoms with Gasteiger partial charge in [0.2, 0.25) is 5.91 Å². The van der Waals surface area contributed by atoms with Gasteiger partial charge in [-0.25, -0.2) is 0 Å². The molecule has 1 fully saturated rings. The second kappa shape index (κ2) is 7.20. The van der Waals surface area contributed by atoms with E-state index in [1.807, 2.05) is 12.1 Å². The molecule has 0 atom stereocenters. The van der Waals surface area contributed by atoms with E-state index in [0.717, 1.165) is 42.7 Å². The van der Waals surface area contributed by atoms with Gasteiger partial charge in [-0.05, 0) is 37.6 Å². The number of likely N-dealkylation sites (N-methyl/N-ethyl adjacent to an activating group) is 1. The van der Waals surface area contributed by atoms with E-state index < -0.39 is 0 Å². The van der Waals surface area contributed by atoms with Gasteiger partial charge in [-0.2, -0.15) is 0 Å². The summed E-state index contributed by atoms with van der Waals surface area (Å²) in [6.07, 6.45) is 4.22. The lowest BCUT2D eigenvalue weighted by atomic mass is 9.87. The number of amides is 1. The summed E-state index contributed by atoms with van der Waals surface area (Å²) in [7, 11) is 1.78. The van der Waals surface area contributed by atoms with Crippen molar-refractivity contribution in [3.63, 3.8) is 0 Å². The topological polar surface area (TPSA) is 59.6 Å². The average Bonchev–Trinajstić information content (AvgIpc) is 2.96. The molecule has 5 nitrogen and oxygen atoms in total. The van der Waals surface area contributed by atoms with Gasteiger partial charge >= 0.3 is 0 Å². The first-order valence-corrected chi connectivity index (χ1v) is 7.59. The van der Waals surface area contributed by atoms with Gasteiger partial charge in [0.05, 0.1) is 12.1 Å². The third-order valence-corrected chi connectivity index (χ3v) is 4.27. The van der Waals surface area contributed by atoms with E-state index in [1.54, 1.807) is 7.05 Å². The van der Waals surface area contributed by atoms with Gasteiger partial charge in [0, 0.05) is 0 Å². The van der Waals surface area contributed by atoms with Gasteiger partial charge in [-0.15, -0.1) is 12.4 Å². The summed E-state index contributed by atoms with van der Waals surface area (Å²) in [4.78, 5) is 12.0. The third kappa shape index (κ3) is 3.31. The molecule has 0 saturated heterocycles. The van der Waals surface area contributed by atoms with Gasteiger partial charge in [0.15, 0.2) is 11.5 Å². The Bertz CT molecular complexity index is 530. The molecule has 1 aromatic rings. The van der Waals surface area contributed by atoms with Crippen LogP contribution in [0.5, 0.6) is 11.5 Å². The molecule has 3 rings (SSSR count). The fourth-order valence-corrected chi connectivity index (χ4v) is 3.28. The van der Waals surface area contributed by atoms with Gasteiger partial charge in [0.1, 0.15) is 13.2 Å². The maximum absolute atomic E-state index is 12.0. The molecule has 122 valence electrons. The molecule has 0 aromatic heterocycles. The van der Waals surface area contributed by atoms with Gasteiger partial charge in [-0.3, -0.25) is 4.79 Å². The first-order chi connectivity index (χ1) is 10.2. The van der Waals surface area contributed by atoms with Crippen molar-refractivity contribution in [2.45, 2.75) is 31.2 Å². The summed E-state index contributed by atoms with van der Waals surface area (Å²) in [6.45, 7) is 1.51. The van der Waals surface area contributed by atoms with E-state index in [4.69, 9.17) is 9.47 Å². The third-order valence-electron chi connectivity index (χ3n) is 4.27. The molecule has 1 heterocycles. The van der Waals surface area contributed by atoms with E-state index in [9.17, 15) is 4.79 Å². The number of rotatable bonds is 4. The Morgan fingerprint density at radius 3 is 2.55 bits per heavy atom. The van der Waals surface area contributed by atoms with Crippen LogP contribution in [0.15, 0.2) is 18.2 Å². The largest absolute Gasteiger partial charge is 0.486 e.